The van der Waals surface area contributed by atoms with Crippen LogP contribution >= 0.6 is 0 Å². The lowest BCUT2D eigenvalue weighted by Crippen LogP contribution is -2.44. The van der Waals surface area contributed by atoms with E-state index in [0.717, 1.165) is 0 Å². The standard InChI is InChI=1S/C17H18N4O6/c1-8(2)20-16-10(6-18-20)13(14(21(23)24)17(22)19-16)9-4-11(25-3)15-12(5-9)26-7-27-15/h4-6,8,13-14H,7H2,1-3H3,(H,19,22)/t13-,14-/m0/s1. The third kappa shape index (κ3) is 2.56. The molecule has 10 nitrogen and oxygen atoms in total. The van der Waals surface area contributed by atoms with Crippen molar-refractivity contribution in [1.82, 2.24) is 9.78 Å². The maximum absolute atomic E-state index is 12.6. The number of amides is 1. The van der Waals surface area contributed by atoms with E-state index in [1.807, 2.05) is 13.8 Å². The molecule has 0 unspecified atom stereocenters. The van der Waals surface area contributed by atoms with Crippen LogP contribution in [0.2, 0.25) is 0 Å². The van der Waals surface area contributed by atoms with Crippen LogP contribution in [0.3, 0.4) is 0 Å². The highest BCUT2D eigenvalue weighted by atomic mass is 16.7. The lowest BCUT2D eigenvalue weighted by molar-refractivity contribution is -0.509. The predicted molar refractivity (Wildman–Crippen MR) is 93.0 cm³/mol. The smallest absolute Gasteiger partial charge is 0.301 e. The number of ether oxygens (including phenoxy) is 3. The molecule has 0 bridgehead atoms. The van der Waals surface area contributed by atoms with E-state index < -0.39 is 22.8 Å². The fraction of sp³-hybridized carbons (Fsp3) is 0.412. The number of carbonyl (C=O) groups excluding carboxylic acids is 1. The highest BCUT2D eigenvalue weighted by Gasteiger charge is 2.48. The monoisotopic (exact) mass is 374 g/mol. The molecular weight excluding hydrogens is 356 g/mol. The van der Waals surface area contributed by atoms with Crippen LogP contribution in [0.15, 0.2) is 18.3 Å². The second kappa shape index (κ2) is 6.15. The second-order valence-electron chi connectivity index (χ2n) is 6.64. The zero-order valence-corrected chi connectivity index (χ0v) is 15.0. The average molecular weight is 374 g/mol. The van der Waals surface area contributed by atoms with Gasteiger partial charge in [0.1, 0.15) is 5.82 Å². The van der Waals surface area contributed by atoms with Gasteiger partial charge in [-0.15, -0.1) is 0 Å². The van der Waals surface area contributed by atoms with Gasteiger partial charge in [-0.3, -0.25) is 14.9 Å². The van der Waals surface area contributed by atoms with Gasteiger partial charge in [0.25, 0.3) is 0 Å². The Morgan fingerprint density at radius 3 is 2.85 bits per heavy atom. The summed E-state index contributed by atoms with van der Waals surface area (Å²) in [7, 11) is 1.47. The van der Waals surface area contributed by atoms with Gasteiger partial charge in [-0.1, -0.05) is 0 Å². The Bertz CT molecular complexity index is 938. The summed E-state index contributed by atoms with van der Waals surface area (Å²) in [5.74, 6) is 0.212. The number of fused-ring (bicyclic) bond motifs is 2. The average Bonchev–Trinajstić information content (AvgIpc) is 3.25. The number of anilines is 1. The Balaban J connectivity index is 1.92. The number of nitrogens with zero attached hydrogens (tertiary/aromatic N) is 3. The van der Waals surface area contributed by atoms with Gasteiger partial charge in [-0.25, -0.2) is 4.68 Å². The van der Waals surface area contributed by atoms with Crippen molar-refractivity contribution in [2.75, 3.05) is 19.2 Å². The highest BCUT2D eigenvalue weighted by molar-refractivity contribution is 5.98. The first-order valence-corrected chi connectivity index (χ1v) is 8.41. The molecule has 2 aromatic rings. The van der Waals surface area contributed by atoms with Gasteiger partial charge in [0, 0.05) is 16.5 Å². The van der Waals surface area contributed by atoms with Crippen LogP contribution in [0.25, 0.3) is 0 Å². The molecule has 27 heavy (non-hydrogen) atoms. The summed E-state index contributed by atoms with van der Waals surface area (Å²) >= 11 is 0. The van der Waals surface area contributed by atoms with Gasteiger partial charge in [0.15, 0.2) is 11.5 Å². The van der Waals surface area contributed by atoms with Gasteiger partial charge in [-0.2, -0.15) is 5.10 Å². The van der Waals surface area contributed by atoms with E-state index in [-0.39, 0.29) is 12.8 Å². The van der Waals surface area contributed by atoms with E-state index in [1.54, 1.807) is 23.0 Å². The Labute approximate surface area is 154 Å². The Morgan fingerprint density at radius 1 is 1.41 bits per heavy atom. The fourth-order valence-electron chi connectivity index (χ4n) is 3.54. The van der Waals surface area contributed by atoms with Crippen LogP contribution in [0.4, 0.5) is 5.82 Å². The van der Waals surface area contributed by atoms with E-state index in [1.165, 1.54) is 7.11 Å². The highest BCUT2D eigenvalue weighted by Crippen LogP contribution is 2.47. The van der Waals surface area contributed by atoms with Crippen molar-refractivity contribution in [3.05, 3.63) is 39.6 Å². The van der Waals surface area contributed by atoms with Gasteiger partial charge in [0.05, 0.1) is 19.2 Å². The minimum Gasteiger partial charge on any atom is -0.493 e. The Hall–Kier alpha value is -3.30. The molecule has 0 saturated heterocycles. The molecule has 0 spiro atoms. The number of hydrogen-bond acceptors (Lipinski definition) is 7. The van der Waals surface area contributed by atoms with Crippen LogP contribution in [0.5, 0.6) is 17.2 Å². The zero-order valence-electron chi connectivity index (χ0n) is 15.0. The number of rotatable bonds is 4. The molecule has 0 aliphatic carbocycles. The van der Waals surface area contributed by atoms with E-state index >= 15 is 0 Å². The van der Waals surface area contributed by atoms with Crippen LogP contribution in [-0.2, 0) is 4.79 Å². The molecule has 2 aliphatic rings. The van der Waals surface area contributed by atoms with E-state index in [0.29, 0.717) is 34.2 Å². The molecule has 2 atom stereocenters. The van der Waals surface area contributed by atoms with Gasteiger partial charge >= 0.3 is 11.9 Å². The van der Waals surface area contributed by atoms with E-state index in [4.69, 9.17) is 14.2 Å². The topological polar surface area (TPSA) is 118 Å². The van der Waals surface area contributed by atoms with Crippen molar-refractivity contribution in [1.29, 1.82) is 0 Å². The minimum absolute atomic E-state index is 0.0202. The Morgan fingerprint density at radius 2 is 2.19 bits per heavy atom. The number of aromatic nitrogens is 2. The number of carbonyl (C=O) groups is 1. The molecule has 3 heterocycles. The van der Waals surface area contributed by atoms with E-state index in [9.17, 15) is 14.9 Å². The molecular formula is C17H18N4O6. The molecule has 0 radical (unpaired) electrons. The molecule has 1 aromatic heterocycles. The number of methoxy groups -OCH3 is 1. The maximum Gasteiger partial charge on any atom is 0.301 e. The third-order valence-corrected chi connectivity index (χ3v) is 4.74. The number of benzene rings is 1. The number of nitrogens with one attached hydrogen (secondary N) is 1. The normalized spacial score (nSPS) is 20.4. The minimum atomic E-state index is -1.49. The number of nitro groups is 1. The first kappa shape index (κ1) is 17.1. The van der Waals surface area contributed by atoms with Crippen molar-refractivity contribution in [2.24, 2.45) is 0 Å². The SMILES string of the molecule is COc1cc([C@H]2c3cnn(C(C)C)c3NC(=O)[C@H]2[N+](=O)[O-])cc2c1OCO2. The molecule has 1 N–H and O–H groups in total. The van der Waals surface area contributed by atoms with Crippen molar-refractivity contribution in [2.45, 2.75) is 31.8 Å². The molecule has 10 heteroatoms. The summed E-state index contributed by atoms with van der Waals surface area (Å²) in [6, 6.07) is 1.78. The molecule has 0 saturated carbocycles. The molecule has 1 aromatic carbocycles. The molecule has 1 amide bonds. The van der Waals surface area contributed by atoms with Crippen molar-refractivity contribution in [3.63, 3.8) is 0 Å². The summed E-state index contributed by atoms with van der Waals surface area (Å²) < 4.78 is 17.8. The van der Waals surface area contributed by atoms with Gasteiger partial charge in [0.2, 0.25) is 12.5 Å². The van der Waals surface area contributed by atoms with Gasteiger partial charge < -0.3 is 19.5 Å². The van der Waals surface area contributed by atoms with Crippen molar-refractivity contribution >= 4 is 11.7 Å². The molecule has 0 fully saturated rings. The summed E-state index contributed by atoms with van der Waals surface area (Å²) in [6.07, 6.45) is 1.56. The van der Waals surface area contributed by atoms with Crippen LogP contribution in [0.1, 0.15) is 36.9 Å². The summed E-state index contributed by atoms with van der Waals surface area (Å²) in [5.41, 5.74) is 1.10. The Kier molecular flexibility index (Phi) is 3.90. The first-order valence-electron chi connectivity index (χ1n) is 8.41. The summed E-state index contributed by atoms with van der Waals surface area (Å²) in [6.45, 7) is 3.87. The van der Waals surface area contributed by atoms with Gasteiger partial charge in [-0.05, 0) is 31.5 Å². The van der Waals surface area contributed by atoms with Crippen molar-refractivity contribution < 1.29 is 23.9 Å². The maximum atomic E-state index is 12.6. The summed E-state index contributed by atoms with van der Waals surface area (Å²) in [4.78, 5) is 23.7. The molecule has 2 aliphatic heterocycles. The largest absolute Gasteiger partial charge is 0.493 e. The van der Waals surface area contributed by atoms with Crippen molar-refractivity contribution in [3.8, 4) is 17.2 Å². The zero-order chi connectivity index (χ0) is 19.3. The molecule has 4 rings (SSSR count). The van der Waals surface area contributed by atoms with Crippen LogP contribution in [-0.4, -0.2) is 40.6 Å². The lowest BCUT2D eigenvalue weighted by Gasteiger charge is -2.27. The lowest BCUT2D eigenvalue weighted by atomic mass is 9.83. The van der Waals surface area contributed by atoms with Crippen LogP contribution < -0.4 is 19.5 Å². The quantitative estimate of drug-likeness (QED) is 0.642. The van der Waals surface area contributed by atoms with Crippen LogP contribution in [0, 0.1) is 10.1 Å². The first-order chi connectivity index (χ1) is 12.9. The third-order valence-electron chi connectivity index (χ3n) is 4.74. The fourth-order valence-corrected chi connectivity index (χ4v) is 3.54. The number of hydrogen-bond donors (Lipinski definition) is 1. The predicted octanol–water partition coefficient (Wildman–Crippen LogP) is 1.93. The molecule has 142 valence electrons. The summed E-state index contributed by atoms with van der Waals surface area (Å²) in [5, 5.41) is 18.7. The second-order valence-corrected chi connectivity index (χ2v) is 6.64. The van der Waals surface area contributed by atoms with E-state index in [2.05, 4.69) is 10.4 Å².